The van der Waals surface area contributed by atoms with Gasteiger partial charge in [-0.2, -0.15) is 0 Å². The van der Waals surface area contributed by atoms with E-state index in [1.54, 1.807) is 43.5 Å². The Morgan fingerprint density at radius 1 is 1.04 bits per heavy atom. The molecule has 5 nitrogen and oxygen atoms in total. The molecule has 1 aliphatic rings. The van der Waals surface area contributed by atoms with E-state index in [4.69, 9.17) is 16.3 Å². The molecule has 0 saturated heterocycles. The van der Waals surface area contributed by atoms with Gasteiger partial charge in [-0.05, 0) is 56.2 Å². The molecule has 0 bridgehead atoms. The quantitative estimate of drug-likeness (QED) is 0.782. The maximum absolute atomic E-state index is 13.0. The molecule has 6 heteroatoms. The number of nitrogens with one attached hydrogen (secondary N) is 1. The molecule has 0 fully saturated rings. The zero-order valence-electron chi connectivity index (χ0n) is 15.7. The molecule has 1 heterocycles. The summed E-state index contributed by atoms with van der Waals surface area (Å²) >= 11 is 6.20. The van der Waals surface area contributed by atoms with Crippen LogP contribution in [0.1, 0.15) is 25.0 Å². The summed E-state index contributed by atoms with van der Waals surface area (Å²) in [5.41, 5.74) is 2.75. The number of anilines is 1. The van der Waals surface area contributed by atoms with E-state index in [0.717, 1.165) is 5.56 Å². The first-order valence-electron chi connectivity index (χ1n) is 8.64. The lowest BCUT2D eigenvalue weighted by Gasteiger charge is -2.19. The average Bonchev–Trinajstić information content (AvgIpc) is 2.89. The molecule has 0 radical (unpaired) electrons. The number of methoxy groups -OCH3 is 1. The van der Waals surface area contributed by atoms with Crippen molar-refractivity contribution < 1.29 is 14.3 Å². The largest absolute Gasteiger partial charge is 0.497 e. The van der Waals surface area contributed by atoms with Gasteiger partial charge in [-0.1, -0.05) is 29.8 Å². The average molecular weight is 385 g/mol. The highest BCUT2D eigenvalue weighted by Gasteiger charge is 2.40. The zero-order chi connectivity index (χ0) is 19.7. The van der Waals surface area contributed by atoms with Crippen molar-refractivity contribution in [2.24, 2.45) is 0 Å². The van der Waals surface area contributed by atoms with Gasteiger partial charge in [0.2, 0.25) is 0 Å². The van der Waals surface area contributed by atoms with E-state index in [-0.39, 0.29) is 23.6 Å². The van der Waals surface area contributed by atoms with Gasteiger partial charge in [-0.3, -0.25) is 14.5 Å². The van der Waals surface area contributed by atoms with Crippen LogP contribution in [0.5, 0.6) is 5.75 Å². The maximum Gasteiger partial charge on any atom is 0.278 e. The van der Waals surface area contributed by atoms with Gasteiger partial charge in [0.25, 0.3) is 11.8 Å². The third-order valence-corrected chi connectivity index (χ3v) is 4.95. The molecule has 0 spiro atoms. The predicted octanol–water partition coefficient (Wildman–Crippen LogP) is 4.26. The minimum atomic E-state index is -0.347. The van der Waals surface area contributed by atoms with Crippen LogP contribution in [0.15, 0.2) is 48.2 Å². The monoisotopic (exact) mass is 384 g/mol. The summed E-state index contributed by atoms with van der Waals surface area (Å²) in [7, 11) is 1.58. The van der Waals surface area contributed by atoms with Crippen LogP contribution in [0.25, 0.3) is 5.57 Å². The highest BCUT2D eigenvalue weighted by Crippen LogP contribution is 2.34. The third kappa shape index (κ3) is 3.43. The van der Waals surface area contributed by atoms with E-state index >= 15 is 0 Å². The molecule has 0 aliphatic carbocycles. The molecular formula is C21H21ClN2O3. The number of hydrogen-bond acceptors (Lipinski definition) is 4. The van der Waals surface area contributed by atoms with E-state index in [9.17, 15) is 9.59 Å². The summed E-state index contributed by atoms with van der Waals surface area (Å²) in [4.78, 5) is 27.3. The Morgan fingerprint density at radius 3 is 2.30 bits per heavy atom. The summed E-state index contributed by atoms with van der Waals surface area (Å²) in [5, 5.41) is 3.73. The maximum atomic E-state index is 13.0. The molecule has 0 atom stereocenters. The first kappa shape index (κ1) is 19.0. The number of ether oxygens (including phenoxy) is 1. The van der Waals surface area contributed by atoms with Crippen molar-refractivity contribution >= 4 is 34.7 Å². The number of carbonyl (C=O) groups excluding carboxylic acids is 2. The van der Waals surface area contributed by atoms with Crippen molar-refractivity contribution in [2.45, 2.75) is 26.8 Å². The predicted molar refractivity (Wildman–Crippen MR) is 107 cm³/mol. The van der Waals surface area contributed by atoms with Crippen molar-refractivity contribution in [1.82, 2.24) is 4.90 Å². The molecule has 1 N–H and O–H groups in total. The Hall–Kier alpha value is -2.79. The van der Waals surface area contributed by atoms with Crippen LogP contribution in [0.2, 0.25) is 5.02 Å². The molecule has 3 rings (SSSR count). The van der Waals surface area contributed by atoms with Gasteiger partial charge in [-0.15, -0.1) is 0 Å². The molecule has 140 valence electrons. The summed E-state index contributed by atoms with van der Waals surface area (Å²) in [5.74, 6) is 0.0135. The normalized spacial score (nSPS) is 14.4. The second-order valence-electron chi connectivity index (χ2n) is 6.59. The fraction of sp³-hybridized carbons (Fsp3) is 0.238. The molecule has 2 amide bonds. The van der Waals surface area contributed by atoms with E-state index in [1.807, 2.05) is 26.8 Å². The van der Waals surface area contributed by atoms with Crippen LogP contribution in [0.4, 0.5) is 5.69 Å². The van der Waals surface area contributed by atoms with Gasteiger partial charge in [0.05, 0.1) is 12.7 Å². The van der Waals surface area contributed by atoms with Crippen LogP contribution in [-0.4, -0.2) is 29.9 Å². The number of benzene rings is 2. The second kappa shape index (κ2) is 7.45. The molecular weight excluding hydrogens is 364 g/mol. The molecule has 27 heavy (non-hydrogen) atoms. The standard InChI is InChI=1S/C21H21ClN2O3/c1-12(2)24-20(25)18(14-8-10-15(27-4)11-9-14)19(21(24)26)23-17-7-5-6-16(22)13(17)3/h5-12,23H,1-4H3. The first-order chi connectivity index (χ1) is 12.8. The van der Waals surface area contributed by atoms with Crippen LogP contribution in [0.3, 0.4) is 0 Å². The number of rotatable bonds is 5. The number of carbonyl (C=O) groups is 2. The Bertz CT molecular complexity index is 933. The van der Waals surface area contributed by atoms with Gasteiger partial charge in [0.15, 0.2) is 0 Å². The van der Waals surface area contributed by atoms with E-state index in [0.29, 0.717) is 27.6 Å². The Balaban J connectivity index is 2.12. The minimum absolute atomic E-state index is 0.252. The number of halogens is 1. The van der Waals surface area contributed by atoms with Crippen LogP contribution in [-0.2, 0) is 9.59 Å². The molecule has 0 aromatic heterocycles. The lowest BCUT2D eigenvalue weighted by molar-refractivity contribution is -0.138. The molecule has 1 aliphatic heterocycles. The van der Waals surface area contributed by atoms with Crippen molar-refractivity contribution in [3.05, 3.63) is 64.3 Å². The summed E-state index contributed by atoms with van der Waals surface area (Å²) in [6, 6.07) is 12.2. The number of imide groups is 1. The lowest BCUT2D eigenvalue weighted by atomic mass is 10.0. The van der Waals surface area contributed by atoms with Gasteiger partial charge >= 0.3 is 0 Å². The second-order valence-corrected chi connectivity index (χ2v) is 7.00. The fourth-order valence-corrected chi connectivity index (χ4v) is 3.21. The number of nitrogens with zero attached hydrogens (tertiary/aromatic N) is 1. The van der Waals surface area contributed by atoms with E-state index in [2.05, 4.69) is 5.32 Å². The summed E-state index contributed by atoms with van der Waals surface area (Å²) < 4.78 is 5.18. The van der Waals surface area contributed by atoms with Crippen molar-refractivity contribution in [1.29, 1.82) is 0 Å². The molecule has 2 aromatic carbocycles. The van der Waals surface area contributed by atoms with Crippen molar-refractivity contribution in [2.75, 3.05) is 12.4 Å². The smallest absolute Gasteiger partial charge is 0.278 e. The van der Waals surface area contributed by atoms with E-state index in [1.165, 1.54) is 4.90 Å². The van der Waals surface area contributed by atoms with Crippen molar-refractivity contribution in [3.8, 4) is 5.75 Å². The highest BCUT2D eigenvalue weighted by molar-refractivity contribution is 6.37. The van der Waals surface area contributed by atoms with Crippen LogP contribution in [0, 0.1) is 6.92 Å². The first-order valence-corrected chi connectivity index (χ1v) is 9.01. The van der Waals surface area contributed by atoms with E-state index < -0.39 is 0 Å². The van der Waals surface area contributed by atoms with Crippen LogP contribution >= 0.6 is 11.6 Å². The molecule has 2 aromatic rings. The topological polar surface area (TPSA) is 58.6 Å². The summed E-state index contributed by atoms with van der Waals surface area (Å²) in [6.45, 7) is 5.49. The SMILES string of the molecule is COc1ccc(C2=C(Nc3cccc(Cl)c3C)C(=O)N(C(C)C)C2=O)cc1. The zero-order valence-corrected chi connectivity index (χ0v) is 16.4. The highest BCUT2D eigenvalue weighted by atomic mass is 35.5. The Morgan fingerprint density at radius 2 is 1.70 bits per heavy atom. The Labute approximate surface area is 163 Å². The molecule has 0 unspecified atom stereocenters. The third-order valence-electron chi connectivity index (χ3n) is 4.54. The van der Waals surface area contributed by atoms with Gasteiger partial charge in [0.1, 0.15) is 11.4 Å². The lowest BCUT2D eigenvalue weighted by Crippen LogP contribution is -2.38. The fourth-order valence-electron chi connectivity index (χ4n) is 3.04. The summed E-state index contributed by atoms with van der Waals surface area (Å²) in [6.07, 6.45) is 0. The van der Waals surface area contributed by atoms with Gasteiger partial charge in [-0.25, -0.2) is 0 Å². The Kier molecular flexibility index (Phi) is 5.24. The van der Waals surface area contributed by atoms with Crippen LogP contribution < -0.4 is 10.1 Å². The minimum Gasteiger partial charge on any atom is -0.497 e. The molecule has 0 saturated carbocycles. The van der Waals surface area contributed by atoms with Gasteiger partial charge < -0.3 is 10.1 Å². The number of amides is 2. The van der Waals surface area contributed by atoms with Gasteiger partial charge in [0, 0.05) is 16.8 Å². The number of hydrogen-bond donors (Lipinski definition) is 1. The van der Waals surface area contributed by atoms with Crippen molar-refractivity contribution in [3.63, 3.8) is 0 Å².